The summed E-state index contributed by atoms with van der Waals surface area (Å²) in [6.07, 6.45) is 10.3. The molecule has 0 atom stereocenters. The van der Waals surface area contributed by atoms with Crippen LogP contribution in [-0.4, -0.2) is 5.75 Å². The average Bonchev–Trinajstić information content (AvgIpc) is 2.55. The van der Waals surface area contributed by atoms with Crippen LogP contribution >= 0.6 is 11.8 Å². The van der Waals surface area contributed by atoms with Gasteiger partial charge in [0.2, 0.25) is 0 Å². The number of hydrogen-bond acceptors (Lipinski definition) is 2. The smallest absolute Gasteiger partial charge is 0.0713 e. The van der Waals surface area contributed by atoms with Crippen molar-refractivity contribution in [1.29, 1.82) is 0 Å². The molecule has 1 aromatic rings. The summed E-state index contributed by atoms with van der Waals surface area (Å²) in [5.41, 5.74) is 1.27. The lowest BCUT2D eigenvalue weighted by atomic mass is 10.1. The summed E-state index contributed by atoms with van der Waals surface area (Å²) in [5.74, 6) is 1.09. The van der Waals surface area contributed by atoms with Gasteiger partial charge in [-0.25, -0.2) is 0 Å². The van der Waals surface area contributed by atoms with Crippen LogP contribution in [-0.2, 0) is 0 Å². The number of thioether (sulfide) groups is 1. The summed E-state index contributed by atoms with van der Waals surface area (Å²) >= 11 is 1.90. The SMILES string of the molecule is C1=CN=c2ccc3c(c2C=C1)SCC=3. The maximum absolute atomic E-state index is 4.39. The van der Waals surface area contributed by atoms with Crippen molar-refractivity contribution in [3.63, 3.8) is 0 Å². The van der Waals surface area contributed by atoms with Gasteiger partial charge < -0.3 is 0 Å². The van der Waals surface area contributed by atoms with Crippen LogP contribution in [0.1, 0.15) is 5.56 Å². The second-order valence-electron chi connectivity index (χ2n) is 3.26. The minimum absolute atomic E-state index is 1.08. The van der Waals surface area contributed by atoms with Crippen molar-refractivity contribution < 1.29 is 0 Å². The van der Waals surface area contributed by atoms with Gasteiger partial charge in [-0.2, -0.15) is 0 Å². The lowest BCUT2D eigenvalue weighted by molar-refractivity contribution is 1.25. The first-order valence-corrected chi connectivity index (χ1v) is 5.61. The third kappa shape index (κ3) is 1.15. The predicted molar refractivity (Wildman–Crippen MR) is 60.6 cm³/mol. The Balaban J connectivity index is 2.42. The molecule has 0 N–H and O–H groups in total. The van der Waals surface area contributed by atoms with Crippen LogP contribution in [0.15, 0.2) is 40.4 Å². The second-order valence-corrected chi connectivity index (χ2v) is 4.29. The first-order valence-electron chi connectivity index (χ1n) is 4.62. The number of fused-ring (bicyclic) bond motifs is 3. The Morgan fingerprint density at radius 1 is 1.21 bits per heavy atom. The number of rotatable bonds is 0. The lowest BCUT2D eigenvalue weighted by Crippen LogP contribution is -2.13. The molecule has 0 fully saturated rings. The molecule has 3 rings (SSSR count). The van der Waals surface area contributed by atoms with E-state index in [0.717, 1.165) is 11.1 Å². The minimum Gasteiger partial charge on any atom is -0.256 e. The molecule has 14 heavy (non-hydrogen) atoms. The molecule has 0 bridgehead atoms. The van der Waals surface area contributed by atoms with Crippen molar-refractivity contribution in [1.82, 2.24) is 0 Å². The van der Waals surface area contributed by atoms with Crippen LogP contribution in [0.25, 0.3) is 12.2 Å². The highest BCUT2D eigenvalue weighted by atomic mass is 32.2. The molecule has 2 aliphatic heterocycles. The van der Waals surface area contributed by atoms with E-state index in [2.05, 4.69) is 35.4 Å². The highest BCUT2D eigenvalue weighted by molar-refractivity contribution is 8.00. The fourth-order valence-corrected chi connectivity index (χ4v) is 2.82. The zero-order valence-corrected chi connectivity index (χ0v) is 8.42. The maximum atomic E-state index is 4.39. The predicted octanol–water partition coefficient (Wildman–Crippen LogP) is 1.73. The van der Waals surface area contributed by atoms with Gasteiger partial charge in [0, 0.05) is 22.4 Å². The van der Waals surface area contributed by atoms with Gasteiger partial charge in [-0.1, -0.05) is 24.3 Å². The van der Waals surface area contributed by atoms with Crippen LogP contribution in [0.4, 0.5) is 0 Å². The fourth-order valence-electron chi connectivity index (χ4n) is 1.74. The van der Waals surface area contributed by atoms with E-state index in [1.54, 1.807) is 0 Å². The van der Waals surface area contributed by atoms with Crippen molar-refractivity contribution in [2.45, 2.75) is 4.90 Å². The molecule has 2 aliphatic rings. The summed E-state index contributed by atoms with van der Waals surface area (Å²) in [6, 6.07) is 4.25. The van der Waals surface area contributed by atoms with Gasteiger partial charge in [0.05, 0.1) is 5.36 Å². The largest absolute Gasteiger partial charge is 0.256 e. The first kappa shape index (κ1) is 8.06. The van der Waals surface area contributed by atoms with Crippen molar-refractivity contribution in [2.75, 3.05) is 5.75 Å². The molecular formula is C12H9NS. The molecule has 0 radical (unpaired) electrons. The van der Waals surface area contributed by atoms with E-state index in [1.165, 1.54) is 15.7 Å². The number of benzene rings is 1. The summed E-state index contributed by atoms with van der Waals surface area (Å²) in [5, 5.41) is 2.44. The molecule has 1 aromatic carbocycles. The Morgan fingerprint density at radius 3 is 3.21 bits per heavy atom. The Kier molecular flexibility index (Phi) is 1.81. The summed E-state index contributed by atoms with van der Waals surface area (Å²) in [4.78, 5) is 5.77. The quantitative estimate of drug-likeness (QED) is 0.620. The van der Waals surface area contributed by atoms with Crippen LogP contribution in [0, 0.1) is 0 Å². The van der Waals surface area contributed by atoms with Crippen molar-refractivity contribution in [3.8, 4) is 0 Å². The molecule has 2 heterocycles. The molecular weight excluding hydrogens is 190 g/mol. The average molecular weight is 199 g/mol. The maximum Gasteiger partial charge on any atom is 0.0713 e. The Hall–Kier alpha value is -1.28. The van der Waals surface area contributed by atoms with Crippen LogP contribution in [0.2, 0.25) is 0 Å². The van der Waals surface area contributed by atoms with Gasteiger partial charge >= 0.3 is 0 Å². The van der Waals surface area contributed by atoms with E-state index in [0.29, 0.717) is 0 Å². The van der Waals surface area contributed by atoms with E-state index in [1.807, 2.05) is 24.0 Å². The molecule has 0 unspecified atom stereocenters. The Bertz CT molecular complexity index is 552. The van der Waals surface area contributed by atoms with Crippen molar-refractivity contribution in [2.24, 2.45) is 4.99 Å². The van der Waals surface area contributed by atoms with Gasteiger partial charge in [-0.05, 0) is 17.4 Å². The summed E-state index contributed by atoms with van der Waals surface area (Å²) < 4.78 is 0. The van der Waals surface area contributed by atoms with Gasteiger partial charge in [-0.15, -0.1) is 11.8 Å². The molecule has 0 saturated carbocycles. The van der Waals surface area contributed by atoms with Gasteiger partial charge in [-0.3, -0.25) is 4.99 Å². The van der Waals surface area contributed by atoms with E-state index >= 15 is 0 Å². The zero-order chi connectivity index (χ0) is 9.38. The van der Waals surface area contributed by atoms with Crippen molar-refractivity contribution >= 4 is 23.9 Å². The fraction of sp³-hybridized carbons (Fsp3) is 0.0833. The van der Waals surface area contributed by atoms with Gasteiger partial charge in [0.25, 0.3) is 0 Å². The summed E-state index contributed by atoms with van der Waals surface area (Å²) in [6.45, 7) is 0. The van der Waals surface area contributed by atoms with Crippen LogP contribution < -0.4 is 10.6 Å². The highest BCUT2D eigenvalue weighted by Gasteiger charge is 2.09. The third-order valence-corrected chi connectivity index (χ3v) is 3.49. The molecule has 0 aromatic heterocycles. The normalized spacial score (nSPS) is 16.6. The Labute approximate surface area is 86.6 Å². The molecule has 2 heteroatoms. The van der Waals surface area contributed by atoms with Gasteiger partial charge in [0.15, 0.2) is 0 Å². The molecule has 0 aliphatic carbocycles. The number of nitrogens with zero attached hydrogens (tertiary/aromatic N) is 1. The lowest BCUT2D eigenvalue weighted by Gasteiger charge is -2.00. The van der Waals surface area contributed by atoms with Crippen molar-refractivity contribution in [3.05, 3.63) is 46.6 Å². The third-order valence-electron chi connectivity index (χ3n) is 2.41. The molecule has 0 amide bonds. The van der Waals surface area contributed by atoms with Gasteiger partial charge in [0.1, 0.15) is 0 Å². The number of hydrogen-bond donors (Lipinski definition) is 0. The van der Waals surface area contributed by atoms with E-state index < -0.39 is 0 Å². The summed E-state index contributed by atoms with van der Waals surface area (Å²) in [7, 11) is 0. The van der Waals surface area contributed by atoms with Crippen LogP contribution in [0.5, 0.6) is 0 Å². The first-order chi connectivity index (χ1) is 6.95. The van der Waals surface area contributed by atoms with E-state index in [4.69, 9.17) is 0 Å². The molecule has 0 saturated heterocycles. The standard InChI is InChI=1S/C12H9NS/c1-2-7-13-11-5-4-9-6-8-14-12(9)10(11)3-1/h1-7H,8H2. The van der Waals surface area contributed by atoms with E-state index in [9.17, 15) is 0 Å². The highest BCUT2D eigenvalue weighted by Crippen LogP contribution is 2.22. The molecule has 0 spiro atoms. The zero-order valence-electron chi connectivity index (χ0n) is 7.60. The molecule has 1 nitrogen and oxygen atoms in total. The number of allylic oxidation sites excluding steroid dienone is 2. The second kappa shape index (κ2) is 3.14. The van der Waals surface area contributed by atoms with Crippen LogP contribution in [0.3, 0.4) is 0 Å². The minimum atomic E-state index is 1.08. The molecule has 68 valence electrons. The Morgan fingerprint density at radius 2 is 2.21 bits per heavy atom. The topological polar surface area (TPSA) is 12.4 Å². The van der Waals surface area contributed by atoms with E-state index in [-0.39, 0.29) is 0 Å². The monoisotopic (exact) mass is 199 g/mol.